The van der Waals surface area contributed by atoms with Gasteiger partial charge in [-0.05, 0) is 0 Å². The molecular weight excluding hydrogens is 216 g/mol. The monoisotopic (exact) mass is 238 g/mol. The summed E-state index contributed by atoms with van der Waals surface area (Å²) in [7, 11) is 0. The van der Waals surface area contributed by atoms with Crippen LogP contribution in [0, 0.1) is 0 Å². The predicted molar refractivity (Wildman–Crippen MR) is 69.1 cm³/mol. The number of hydrogen-bond donors (Lipinski definition) is 3. The maximum atomic E-state index is 11.5. The van der Waals surface area contributed by atoms with Gasteiger partial charge in [-0.25, -0.2) is 0 Å². The van der Waals surface area contributed by atoms with E-state index >= 15 is 0 Å². The van der Waals surface area contributed by atoms with Gasteiger partial charge in [0.2, 0.25) is 5.91 Å². The van der Waals surface area contributed by atoms with Gasteiger partial charge < -0.3 is 10.6 Å². The van der Waals surface area contributed by atoms with E-state index in [2.05, 4.69) is 41.6 Å². The molecule has 0 unspecified atom stereocenters. The van der Waals surface area contributed by atoms with Crippen LogP contribution in [0.2, 0.25) is 0 Å². The second-order valence-corrected chi connectivity index (χ2v) is 5.50. The Morgan fingerprint density at radius 2 is 2.12 bits per heavy atom. The summed E-state index contributed by atoms with van der Waals surface area (Å²) in [6.45, 7) is 10.6. The van der Waals surface area contributed by atoms with Crippen LogP contribution in [0.15, 0.2) is 6.07 Å². The van der Waals surface area contributed by atoms with Gasteiger partial charge in [0.1, 0.15) is 0 Å². The van der Waals surface area contributed by atoms with Gasteiger partial charge in [0.15, 0.2) is 5.82 Å². The molecule has 0 aliphatic heterocycles. The third kappa shape index (κ3) is 4.56. The van der Waals surface area contributed by atoms with Crippen molar-refractivity contribution in [1.82, 2.24) is 15.5 Å². The van der Waals surface area contributed by atoms with E-state index in [4.69, 9.17) is 0 Å². The molecule has 0 atom stereocenters. The third-order valence-corrected chi connectivity index (χ3v) is 2.32. The largest absolute Gasteiger partial charge is 0.308 e. The van der Waals surface area contributed by atoms with Crippen LogP contribution in [0.1, 0.15) is 40.3 Å². The fourth-order valence-electron chi connectivity index (χ4n) is 1.25. The Hall–Kier alpha value is -1.36. The normalized spacial score (nSPS) is 11.9. The van der Waals surface area contributed by atoms with Gasteiger partial charge in [0, 0.05) is 23.2 Å². The summed E-state index contributed by atoms with van der Waals surface area (Å²) in [6.07, 6.45) is 0. The Kier molecular flexibility index (Phi) is 4.28. The highest BCUT2D eigenvalue weighted by atomic mass is 16.2. The Bertz CT molecular complexity index is 376. The molecule has 5 heteroatoms. The highest BCUT2D eigenvalue weighted by Crippen LogP contribution is 2.21. The van der Waals surface area contributed by atoms with Crippen LogP contribution in [0.25, 0.3) is 0 Å². The van der Waals surface area contributed by atoms with Crippen LogP contribution >= 0.6 is 0 Å². The molecule has 0 fully saturated rings. The summed E-state index contributed by atoms with van der Waals surface area (Å²) in [6, 6.07) is 2.16. The van der Waals surface area contributed by atoms with Gasteiger partial charge in [0.25, 0.3) is 0 Å². The van der Waals surface area contributed by atoms with Crippen molar-refractivity contribution in [3.05, 3.63) is 11.8 Å². The zero-order valence-corrected chi connectivity index (χ0v) is 11.2. The van der Waals surface area contributed by atoms with Crippen molar-refractivity contribution in [2.75, 3.05) is 11.9 Å². The number of nitrogens with one attached hydrogen (secondary N) is 3. The number of hydrogen-bond acceptors (Lipinski definition) is 3. The minimum atomic E-state index is -0.0781. The van der Waals surface area contributed by atoms with Crippen molar-refractivity contribution in [2.45, 2.75) is 46.1 Å². The second kappa shape index (κ2) is 5.31. The van der Waals surface area contributed by atoms with E-state index in [1.165, 1.54) is 0 Å². The molecular formula is C12H22N4O. The number of amides is 1. The second-order valence-electron chi connectivity index (χ2n) is 5.50. The lowest BCUT2D eigenvalue weighted by atomic mass is 9.92. The van der Waals surface area contributed by atoms with Crippen LogP contribution in [0.3, 0.4) is 0 Å². The summed E-state index contributed by atoms with van der Waals surface area (Å²) in [5, 5.41) is 12.8. The molecule has 5 nitrogen and oxygen atoms in total. The Labute approximate surface area is 102 Å². The minimum Gasteiger partial charge on any atom is -0.308 e. The Morgan fingerprint density at radius 1 is 1.47 bits per heavy atom. The van der Waals surface area contributed by atoms with Crippen LogP contribution in [0.5, 0.6) is 0 Å². The molecule has 0 saturated carbocycles. The van der Waals surface area contributed by atoms with Crippen LogP contribution in [0.4, 0.5) is 5.82 Å². The lowest BCUT2D eigenvalue weighted by molar-refractivity contribution is -0.115. The summed E-state index contributed by atoms with van der Waals surface area (Å²) >= 11 is 0. The van der Waals surface area contributed by atoms with Crippen molar-refractivity contribution in [1.29, 1.82) is 0 Å². The average molecular weight is 238 g/mol. The SMILES string of the molecule is CC(C)NCC(=O)Nc1cc(C(C)(C)C)[nH]n1. The highest BCUT2D eigenvalue weighted by molar-refractivity contribution is 5.91. The zero-order valence-electron chi connectivity index (χ0n) is 11.2. The highest BCUT2D eigenvalue weighted by Gasteiger charge is 2.17. The Balaban J connectivity index is 2.52. The van der Waals surface area contributed by atoms with Crippen LogP contribution in [-0.4, -0.2) is 28.7 Å². The summed E-state index contributed by atoms with van der Waals surface area (Å²) in [4.78, 5) is 11.5. The number of rotatable bonds is 4. The number of nitrogens with zero attached hydrogens (tertiary/aromatic N) is 1. The molecule has 0 saturated heterocycles. The molecule has 0 aliphatic carbocycles. The number of carbonyl (C=O) groups is 1. The maximum absolute atomic E-state index is 11.5. The molecule has 0 aliphatic rings. The van der Waals surface area contributed by atoms with Crippen LogP contribution in [-0.2, 0) is 10.2 Å². The molecule has 1 rings (SSSR count). The summed E-state index contributed by atoms with van der Waals surface area (Å²) < 4.78 is 0. The van der Waals surface area contributed by atoms with Gasteiger partial charge in [-0.2, -0.15) is 5.10 Å². The fraction of sp³-hybridized carbons (Fsp3) is 0.667. The van der Waals surface area contributed by atoms with E-state index in [9.17, 15) is 4.79 Å². The molecule has 17 heavy (non-hydrogen) atoms. The first-order valence-corrected chi connectivity index (χ1v) is 5.88. The standard InChI is InChI=1S/C12H22N4O/c1-8(2)13-7-11(17)14-10-6-9(15-16-10)12(3,4)5/h6,8,13H,7H2,1-5H3,(H2,14,15,16,17). The first-order chi connectivity index (χ1) is 7.79. The number of carbonyl (C=O) groups excluding carboxylic acids is 1. The fourth-order valence-corrected chi connectivity index (χ4v) is 1.25. The van der Waals surface area contributed by atoms with Crippen molar-refractivity contribution in [2.24, 2.45) is 0 Å². The van der Waals surface area contributed by atoms with Gasteiger partial charge >= 0.3 is 0 Å². The third-order valence-electron chi connectivity index (χ3n) is 2.32. The molecule has 0 spiro atoms. The number of anilines is 1. The molecule has 96 valence electrons. The van der Waals surface area contributed by atoms with Crippen LogP contribution < -0.4 is 10.6 Å². The lowest BCUT2D eigenvalue weighted by Crippen LogP contribution is -2.32. The summed E-state index contributed by atoms with van der Waals surface area (Å²) in [5.41, 5.74) is 1.01. The van der Waals surface area contributed by atoms with Crippen molar-refractivity contribution < 1.29 is 4.79 Å². The van der Waals surface area contributed by atoms with E-state index < -0.39 is 0 Å². The average Bonchev–Trinajstić information content (AvgIpc) is 2.62. The van der Waals surface area contributed by atoms with E-state index in [1.54, 1.807) is 0 Å². The van der Waals surface area contributed by atoms with E-state index in [1.807, 2.05) is 19.9 Å². The van der Waals surface area contributed by atoms with E-state index in [0.29, 0.717) is 18.4 Å². The maximum Gasteiger partial charge on any atom is 0.239 e. The topological polar surface area (TPSA) is 69.8 Å². The van der Waals surface area contributed by atoms with Gasteiger partial charge in [-0.15, -0.1) is 0 Å². The van der Waals surface area contributed by atoms with Gasteiger partial charge in [-0.3, -0.25) is 9.89 Å². The summed E-state index contributed by atoms with van der Waals surface area (Å²) in [5.74, 6) is 0.496. The first-order valence-electron chi connectivity index (χ1n) is 5.88. The quantitative estimate of drug-likeness (QED) is 0.747. The van der Waals surface area contributed by atoms with E-state index in [0.717, 1.165) is 5.69 Å². The smallest absolute Gasteiger partial charge is 0.239 e. The molecule has 1 aromatic rings. The molecule has 1 heterocycles. The molecule has 0 aromatic carbocycles. The number of H-pyrrole nitrogens is 1. The van der Waals surface area contributed by atoms with E-state index in [-0.39, 0.29) is 11.3 Å². The molecule has 0 radical (unpaired) electrons. The van der Waals surface area contributed by atoms with Crippen molar-refractivity contribution >= 4 is 11.7 Å². The molecule has 3 N–H and O–H groups in total. The van der Waals surface area contributed by atoms with Gasteiger partial charge in [0.05, 0.1) is 6.54 Å². The molecule has 1 amide bonds. The van der Waals surface area contributed by atoms with Crippen molar-refractivity contribution in [3.63, 3.8) is 0 Å². The van der Waals surface area contributed by atoms with Gasteiger partial charge in [-0.1, -0.05) is 34.6 Å². The molecule has 0 bridgehead atoms. The predicted octanol–water partition coefficient (Wildman–Crippen LogP) is 1.64. The Morgan fingerprint density at radius 3 is 2.59 bits per heavy atom. The first kappa shape index (κ1) is 13.7. The number of aromatic amines is 1. The minimum absolute atomic E-state index is 0.00611. The zero-order chi connectivity index (χ0) is 13.1. The molecule has 1 aromatic heterocycles. The number of aromatic nitrogens is 2. The lowest BCUT2D eigenvalue weighted by Gasteiger charge is -2.14. The van der Waals surface area contributed by atoms with Crippen molar-refractivity contribution in [3.8, 4) is 0 Å².